The number of nitrogens with one attached hydrogen (secondary N) is 1. The van der Waals surface area contributed by atoms with Gasteiger partial charge in [0.05, 0.1) is 11.9 Å². The van der Waals surface area contributed by atoms with Crippen molar-refractivity contribution in [3.63, 3.8) is 0 Å². The average Bonchev–Trinajstić information content (AvgIpc) is 2.28. The third-order valence-corrected chi connectivity index (χ3v) is 2.43. The Morgan fingerprint density at radius 1 is 1.62 bits per heavy atom. The van der Waals surface area contributed by atoms with Crippen LogP contribution in [0.3, 0.4) is 0 Å². The van der Waals surface area contributed by atoms with Gasteiger partial charge >= 0.3 is 0 Å². The number of nitrogens with zero attached hydrogens (tertiary/aromatic N) is 2. The normalized spacial score (nSPS) is 10.4. The Morgan fingerprint density at radius 2 is 2.38 bits per heavy atom. The molecule has 0 aliphatic carbocycles. The Morgan fingerprint density at radius 3 is 3.06 bits per heavy atom. The van der Waals surface area contributed by atoms with Crippen LogP contribution in [0.25, 0.3) is 0 Å². The van der Waals surface area contributed by atoms with E-state index in [1.165, 1.54) is 4.68 Å². The van der Waals surface area contributed by atoms with Crippen molar-refractivity contribution >= 4 is 17.3 Å². The number of anilines is 1. The van der Waals surface area contributed by atoms with Crippen molar-refractivity contribution in [2.24, 2.45) is 7.05 Å². The molecule has 0 saturated heterocycles. The molecule has 1 aromatic heterocycles. The number of ether oxygens (including phenoxy) is 1. The van der Waals surface area contributed by atoms with Crippen LogP contribution in [0.5, 0.6) is 0 Å². The lowest BCUT2D eigenvalue weighted by atomic mass is 10.4. The molecular formula is C10H16ClN3O2. The second-order valence-corrected chi connectivity index (χ2v) is 3.66. The topological polar surface area (TPSA) is 56.1 Å². The highest BCUT2D eigenvalue weighted by Crippen LogP contribution is 2.14. The highest BCUT2D eigenvalue weighted by molar-refractivity contribution is 6.32. The lowest BCUT2D eigenvalue weighted by Gasteiger charge is -2.08. The van der Waals surface area contributed by atoms with Crippen LogP contribution in [0, 0.1) is 0 Å². The molecule has 1 heterocycles. The third-order valence-electron chi connectivity index (χ3n) is 2.06. The first-order valence-corrected chi connectivity index (χ1v) is 5.58. The van der Waals surface area contributed by atoms with E-state index in [2.05, 4.69) is 10.4 Å². The maximum absolute atomic E-state index is 11.4. The Kier molecular flexibility index (Phi) is 5.28. The molecule has 6 heteroatoms. The predicted molar refractivity (Wildman–Crippen MR) is 64.1 cm³/mol. The van der Waals surface area contributed by atoms with Crippen molar-refractivity contribution in [3.8, 4) is 0 Å². The number of aryl methyl sites for hydroxylation is 1. The molecule has 0 aliphatic rings. The zero-order valence-corrected chi connectivity index (χ0v) is 10.3. The smallest absolute Gasteiger partial charge is 0.287 e. The van der Waals surface area contributed by atoms with E-state index < -0.39 is 0 Å². The van der Waals surface area contributed by atoms with Crippen molar-refractivity contribution in [2.45, 2.75) is 13.3 Å². The number of hydrogen-bond donors (Lipinski definition) is 1. The van der Waals surface area contributed by atoms with E-state index in [0.29, 0.717) is 25.4 Å². The zero-order chi connectivity index (χ0) is 12.0. The van der Waals surface area contributed by atoms with Crippen LogP contribution in [-0.4, -0.2) is 29.5 Å². The lowest BCUT2D eigenvalue weighted by molar-refractivity contribution is 0.147. The Labute approximate surface area is 99.4 Å². The van der Waals surface area contributed by atoms with Gasteiger partial charge in [-0.25, -0.2) is 4.68 Å². The number of rotatable bonds is 6. The minimum atomic E-state index is -0.295. The molecule has 16 heavy (non-hydrogen) atoms. The number of aromatic nitrogens is 2. The highest BCUT2D eigenvalue weighted by atomic mass is 35.5. The summed E-state index contributed by atoms with van der Waals surface area (Å²) in [6, 6.07) is 0. The molecule has 0 bridgehead atoms. The summed E-state index contributed by atoms with van der Waals surface area (Å²) in [5.41, 5.74) is 0.276. The molecule has 0 spiro atoms. The molecule has 1 N–H and O–H groups in total. The van der Waals surface area contributed by atoms with Gasteiger partial charge in [0.1, 0.15) is 5.02 Å². The second kappa shape index (κ2) is 6.50. The average molecular weight is 246 g/mol. The van der Waals surface area contributed by atoms with Crippen molar-refractivity contribution in [1.82, 2.24) is 9.78 Å². The van der Waals surface area contributed by atoms with Gasteiger partial charge in [0, 0.05) is 26.8 Å². The molecule has 90 valence electrons. The molecule has 0 aliphatic heterocycles. The fourth-order valence-corrected chi connectivity index (χ4v) is 1.41. The Bertz CT molecular complexity index is 392. The SMILES string of the molecule is CCOCCCNc1cnn(C)c(=O)c1Cl. The molecule has 0 amide bonds. The summed E-state index contributed by atoms with van der Waals surface area (Å²) < 4.78 is 6.39. The van der Waals surface area contributed by atoms with Crippen molar-refractivity contribution in [1.29, 1.82) is 0 Å². The number of halogens is 1. The van der Waals surface area contributed by atoms with E-state index in [-0.39, 0.29) is 10.6 Å². The van der Waals surface area contributed by atoms with Crippen LogP contribution in [0.2, 0.25) is 5.02 Å². The van der Waals surface area contributed by atoms with E-state index in [0.717, 1.165) is 6.42 Å². The van der Waals surface area contributed by atoms with Crippen LogP contribution < -0.4 is 10.9 Å². The minimum absolute atomic E-state index is 0.175. The van der Waals surface area contributed by atoms with Gasteiger partial charge in [0.25, 0.3) is 5.56 Å². The van der Waals surface area contributed by atoms with Gasteiger partial charge < -0.3 is 10.1 Å². The zero-order valence-electron chi connectivity index (χ0n) is 9.49. The number of hydrogen-bond acceptors (Lipinski definition) is 4. The predicted octanol–water partition coefficient (Wildman–Crippen LogP) is 1.27. The molecule has 0 aromatic carbocycles. The van der Waals surface area contributed by atoms with Crippen molar-refractivity contribution in [2.75, 3.05) is 25.1 Å². The summed E-state index contributed by atoms with van der Waals surface area (Å²) in [7, 11) is 1.56. The lowest BCUT2D eigenvalue weighted by Crippen LogP contribution is -2.21. The third kappa shape index (κ3) is 3.50. The Balaban J connectivity index is 2.49. The van der Waals surface area contributed by atoms with E-state index >= 15 is 0 Å². The standard InChI is InChI=1S/C10H16ClN3O2/c1-3-16-6-4-5-12-8-7-13-14(2)10(15)9(8)11/h7,12H,3-6H2,1-2H3. The van der Waals surface area contributed by atoms with E-state index in [4.69, 9.17) is 16.3 Å². The summed E-state index contributed by atoms with van der Waals surface area (Å²) in [4.78, 5) is 11.4. The van der Waals surface area contributed by atoms with E-state index in [1.807, 2.05) is 6.92 Å². The summed E-state index contributed by atoms with van der Waals surface area (Å²) >= 11 is 5.87. The summed E-state index contributed by atoms with van der Waals surface area (Å²) in [6.45, 7) is 4.07. The van der Waals surface area contributed by atoms with Gasteiger partial charge in [-0.2, -0.15) is 5.10 Å². The fourth-order valence-electron chi connectivity index (χ4n) is 1.18. The molecule has 0 fully saturated rings. The van der Waals surface area contributed by atoms with Gasteiger partial charge in [-0.15, -0.1) is 0 Å². The van der Waals surface area contributed by atoms with Crippen molar-refractivity contribution in [3.05, 3.63) is 21.6 Å². The van der Waals surface area contributed by atoms with Gasteiger partial charge in [-0.3, -0.25) is 4.79 Å². The molecule has 0 unspecified atom stereocenters. The van der Waals surface area contributed by atoms with E-state index in [9.17, 15) is 4.79 Å². The molecule has 0 atom stereocenters. The highest BCUT2D eigenvalue weighted by Gasteiger charge is 2.05. The van der Waals surface area contributed by atoms with Crippen LogP contribution >= 0.6 is 11.6 Å². The first kappa shape index (κ1) is 13.0. The largest absolute Gasteiger partial charge is 0.382 e. The van der Waals surface area contributed by atoms with E-state index in [1.54, 1.807) is 13.2 Å². The first-order valence-electron chi connectivity index (χ1n) is 5.20. The molecular weight excluding hydrogens is 230 g/mol. The summed E-state index contributed by atoms with van der Waals surface area (Å²) in [5, 5.41) is 7.11. The molecule has 5 nitrogen and oxygen atoms in total. The maximum Gasteiger partial charge on any atom is 0.287 e. The van der Waals surface area contributed by atoms with Gasteiger partial charge in [0.15, 0.2) is 0 Å². The van der Waals surface area contributed by atoms with Crippen LogP contribution in [-0.2, 0) is 11.8 Å². The van der Waals surface area contributed by atoms with Crippen LogP contribution in [0.4, 0.5) is 5.69 Å². The second-order valence-electron chi connectivity index (χ2n) is 3.28. The van der Waals surface area contributed by atoms with Crippen LogP contribution in [0.1, 0.15) is 13.3 Å². The summed E-state index contributed by atoms with van der Waals surface area (Å²) in [5.74, 6) is 0. The Hall–Kier alpha value is -1.07. The first-order chi connectivity index (χ1) is 7.66. The molecule has 0 saturated carbocycles. The van der Waals surface area contributed by atoms with Gasteiger partial charge in [-0.1, -0.05) is 11.6 Å². The quantitative estimate of drug-likeness (QED) is 0.767. The molecule has 1 aromatic rings. The van der Waals surface area contributed by atoms with Gasteiger partial charge in [0.2, 0.25) is 0 Å². The van der Waals surface area contributed by atoms with Gasteiger partial charge in [-0.05, 0) is 13.3 Å². The fraction of sp³-hybridized carbons (Fsp3) is 0.600. The summed E-state index contributed by atoms with van der Waals surface area (Å²) in [6.07, 6.45) is 2.41. The maximum atomic E-state index is 11.4. The monoisotopic (exact) mass is 245 g/mol. The van der Waals surface area contributed by atoms with Crippen LogP contribution in [0.15, 0.2) is 11.0 Å². The molecule has 1 rings (SSSR count). The minimum Gasteiger partial charge on any atom is -0.382 e. The van der Waals surface area contributed by atoms with Crippen molar-refractivity contribution < 1.29 is 4.74 Å². The molecule has 0 radical (unpaired) electrons.